The molecule has 23 heavy (non-hydrogen) atoms. The SMILES string of the molecule is O=C(NCC#Cc1cc(F)cc(F)c1F)OCc1ccccc1. The van der Waals surface area contributed by atoms with Gasteiger partial charge >= 0.3 is 6.09 Å². The maximum Gasteiger partial charge on any atom is 0.408 e. The molecule has 2 aromatic carbocycles. The lowest BCUT2D eigenvalue weighted by Crippen LogP contribution is -2.24. The normalized spacial score (nSPS) is 9.70. The van der Waals surface area contributed by atoms with Gasteiger partial charge in [0.25, 0.3) is 0 Å². The highest BCUT2D eigenvalue weighted by Gasteiger charge is 2.08. The second kappa shape index (κ2) is 7.90. The Bertz CT molecular complexity index is 752. The zero-order chi connectivity index (χ0) is 16.7. The maximum absolute atomic E-state index is 13.3. The lowest BCUT2D eigenvalue weighted by Gasteiger charge is -2.04. The highest BCUT2D eigenvalue weighted by atomic mass is 19.2. The molecule has 0 aliphatic heterocycles. The third-order valence-electron chi connectivity index (χ3n) is 2.75. The van der Waals surface area contributed by atoms with E-state index < -0.39 is 29.1 Å². The Morgan fingerprint density at radius 1 is 1.13 bits per heavy atom. The summed E-state index contributed by atoms with van der Waals surface area (Å²) in [5.74, 6) is 1.17. The molecule has 118 valence electrons. The molecule has 0 aromatic heterocycles. The van der Waals surface area contributed by atoms with E-state index in [1.807, 2.05) is 18.2 Å². The Morgan fingerprint density at radius 2 is 1.87 bits per heavy atom. The number of carbonyl (C=O) groups is 1. The first-order valence-corrected chi connectivity index (χ1v) is 6.64. The van der Waals surface area contributed by atoms with Gasteiger partial charge in [-0.05, 0) is 11.6 Å². The quantitative estimate of drug-likeness (QED) is 0.696. The average Bonchev–Trinajstić information content (AvgIpc) is 2.54. The third kappa shape index (κ3) is 5.08. The fourth-order valence-electron chi connectivity index (χ4n) is 1.68. The molecule has 1 amide bonds. The molecule has 0 aliphatic carbocycles. The molecule has 0 bridgehead atoms. The molecule has 0 saturated heterocycles. The molecular formula is C17H12F3NO2. The smallest absolute Gasteiger partial charge is 0.408 e. The molecule has 0 heterocycles. The number of hydrogen-bond acceptors (Lipinski definition) is 2. The molecular weight excluding hydrogens is 307 g/mol. The molecule has 2 rings (SSSR count). The van der Waals surface area contributed by atoms with Crippen molar-refractivity contribution in [2.75, 3.05) is 6.54 Å². The molecule has 0 spiro atoms. The van der Waals surface area contributed by atoms with Gasteiger partial charge in [0.1, 0.15) is 12.4 Å². The first kappa shape index (κ1) is 16.4. The van der Waals surface area contributed by atoms with Gasteiger partial charge in [-0.15, -0.1) is 0 Å². The number of rotatable bonds is 3. The predicted octanol–water partition coefficient (Wildman–Crippen LogP) is 3.38. The van der Waals surface area contributed by atoms with Crippen molar-refractivity contribution < 1.29 is 22.7 Å². The van der Waals surface area contributed by atoms with Crippen LogP contribution in [0.2, 0.25) is 0 Å². The topological polar surface area (TPSA) is 38.3 Å². The summed E-state index contributed by atoms with van der Waals surface area (Å²) in [5, 5.41) is 2.33. The Hall–Kier alpha value is -2.94. The van der Waals surface area contributed by atoms with Crippen LogP contribution in [-0.2, 0) is 11.3 Å². The highest BCUT2D eigenvalue weighted by Crippen LogP contribution is 2.12. The highest BCUT2D eigenvalue weighted by molar-refractivity contribution is 5.67. The number of benzene rings is 2. The molecule has 1 N–H and O–H groups in total. The molecule has 0 saturated carbocycles. The Balaban J connectivity index is 1.82. The average molecular weight is 319 g/mol. The van der Waals surface area contributed by atoms with E-state index in [9.17, 15) is 18.0 Å². The van der Waals surface area contributed by atoms with Crippen molar-refractivity contribution in [3.63, 3.8) is 0 Å². The number of alkyl carbamates (subject to hydrolysis) is 1. The van der Waals surface area contributed by atoms with Crippen LogP contribution < -0.4 is 5.32 Å². The number of ether oxygens (including phenoxy) is 1. The fraction of sp³-hybridized carbons (Fsp3) is 0.118. The fourth-order valence-corrected chi connectivity index (χ4v) is 1.68. The van der Waals surface area contributed by atoms with Crippen molar-refractivity contribution in [3.05, 3.63) is 71.0 Å². The van der Waals surface area contributed by atoms with E-state index >= 15 is 0 Å². The van der Waals surface area contributed by atoms with Crippen molar-refractivity contribution in [2.45, 2.75) is 6.61 Å². The van der Waals surface area contributed by atoms with Gasteiger partial charge < -0.3 is 10.1 Å². The molecule has 0 fully saturated rings. The number of carbonyl (C=O) groups excluding carboxylic acids is 1. The van der Waals surface area contributed by atoms with Crippen LogP contribution in [0.5, 0.6) is 0 Å². The molecule has 0 atom stereocenters. The van der Waals surface area contributed by atoms with Crippen molar-refractivity contribution in [1.82, 2.24) is 5.32 Å². The van der Waals surface area contributed by atoms with Gasteiger partial charge in [0.15, 0.2) is 11.6 Å². The Labute approximate surface area is 131 Å². The van der Waals surface area contributed by atoms with Crippen LogP contribution in [0.15, 0.2) is 42.5 Å². The summed E-state index contributed by atoms with van der Waals surface area (Å²) in [7, 11) is 0. The van der Waals surface area contributed by atoms with E-state index in [0.29, 0.717) is 6.07 Å². The van der Waals surface area contributed by atoms with Gasteiger partial charge in [0, 0.05) is 6.07 Å². The van der Waals surface area contributed by atoms with Crippen LogP contribution in [-0.4, -0.2) is 12.6 Å². The van der Waals surface area contributed by atoms with E-state index in [1.54, 1.807) is 12.1 Å². The zero-order valence-electron chi connectivity index (χ0n) is 11.9. The number of hydrogen-bond donors (Lipinski definition) is 1. The second-order valence-electron chi connectivity index (χ2n) is 4.47. The van der Waals surface area contributed by atoms with E-state index in [4.69, 9.17) is 4.74 Å². The van der Waals surface area contributed by atoms with Crippen LogP contribution in [0.1, 0.15) is 11.1 Å². The van der Waals surface area contributed by atoms with E-state index in [0.717, 1.165) is 11.6 Å². The summed E-state index contributed by atoms with van der Waals surface area (Å²) in [6.07, 6.45) is -0.700. The number of amides is 1. The van der Waals surface area contributed by atoms with E-state index in [-0.39, 0.29) is 13.2 Å². The van der Waals surface area contributed by atoms with Crippen LogP contribution in [0.25, 0.3) is 0 Å². The predicted molar refractivity (Wildman–Crippen MR) is 77.8 cm³/mol. The zero-order valence-corrected chi connectivity index (χ0v) is 11.9. The maximum atomic E-state index is 13.3. The standard InChI is InChI=1S/C17H12F3NO2/c18-14-9-13(16(20)15(19)10-14)7-4-8-21-17(22)23-11-12-5-2-1-3-6-12/h1-3,5-6,9-10H,8,11H2,(H,21,22). The second-order valence-corrected chi connectivity index (χ2v) is 4.47. The van der Waals surface area contributed by atoms with Gasteiger partial charge in [0.2, 0.25) is 0 Å². The minimum Gasteiger partial charge on any atom is -0.445 e. The summed E-state index contributed by atoms with van der Waals surface area (Å²) >= 11 is 0. The molecule has 2 aromatic rings. The Kier molecular flexibility index (Phi) is 5.64. The minimum absolute atomic E-state index is 0.101. The first-order valence-electron chi connectivity index (χ1n) is 6.64. The lowest BCUT2D eigenvalue weighted by atomic mass is 10.2. The van der Waals surface area contributed by atoms with Gasteiger partial charge in [-0.1, -0.05) is 42.2 Å². The molecule has 3 nitrogen and oxygen atoms in total. The van der Waals surface area contributed by atoms with E-state index in [2.05, 4.69) is 17.2 Å². The van der Waals surface area contributed by atoms with Crippen LogP contribution >= 0.6 is 0 Å². The van der Waals surface area contributed by atoms with Gasteiger partial charge in [-0.2, -0.15) is 0 Å². The van der Waals surface area contributed by atoms with Crippen LogP contribution in [0.3, 0.4) is 0 Å². The van der Waals surface area contributed by atoms with Crippen molar-refractivity contribution in [3.8, 4) is 11.8 Å². The minimum atomic E-state index is -1.32. The van der Waals surface area contributed by atoms with Crippen molar-refractivity contribution >= 4 is 6.09 Å². The monoisotopic (exact) mass is 319 g/mol. The summed E-state index contributed by atoms with van der Waals surface area (Å²) in [6, 6.07) is 10.3. The molecule has 6 heteroatoms. The van der Waals surface area contributed by atoms with Crippen LogP contribution in [0.4, 0.5) is 18.0 Å². The molecule has 0 radical (unpaired) electrons. The summed E-state index contributed by atoms with van der Waals surface area (Å²) in [6.45, 7) is -0.0466. The number of halogens is 3. The van der Waals surface area contributed by atoms with Gasteiger partial charge in [-0.25, -0.2) is 18.0 Å². The molecule has 0 aliphatic rings. The van der Waals surface area contributed by atoms with Gasteiger partial charge in [0.05, 0.1) is 12.1 Å². The van der Waals surface area contributed by atoms with Gasteiger partial charge in [-0.3, -0.25) is 0 Å². The summed E-state index contributed by atoms with van der Waals surface area (Å²) in [4.78, 5) is 11.4. The molecule has 0 unspecified atom stereocenters. The first-order chi connectivity index (χ1) is 11.1. The van der Waals surface area contributed by atoms with E-state index in [1.165, 1.54) is 0 Å². The number of nitrogens with one attached hydrogen (secondary N) is 1. The largest absolute Gasteiger partial charge is 0.445 e. The lowest BCUT2D eigenvalue weighted by molar-refractivity contribution is 0.141. The van der Waals surface area contributed by atoms with Crippen molar-refractivity contribution in [2.24, 2.45) is 0 Å². The third-order valence-corrected chi connectivity index (χ3v) is 2.75. The Morgan fingerprint density at radius 3 is 2.61 bits per heavy atom. The summed E-state index contributed by atoms with van der Waals surface area (Å²) < 4.78 is 44.2. The summed E-state index contributed by atoms with van der Waals surface area (Å²) in [5.41, 5.74) is 0.410. The van der Waals surface area contributed by atoms with Crippen LogP contribution in [0, 0.1) is 29.3 Å². The van der Waals surface area contributed by atoms with Crippen molar-refractivity contribution in [1.29, 1.82) is 0 Å².